The number of hydrogen-bond donors (Lipinski definition) is 1. The lowest BCUT2D eigenvalue weighted by molar-refractivity contribution is -0.132. The van der Waals surface area contributed by atoms with Gasteiger partial charge in [-0.15, -0.1) is 0 Å². The molecule has 0 aliphatic heterocycles. The highest BCUT2D eigenvalue weighted by molar-refractivity contribution is 5.90. The number of urea groups is 1. The van der Waals surface area contributed by atoms with Crippen LogP contribution in [-0.4, -0.2) is 34.8 Å². The van der Waals surface area contributed by atoms with Gasteiger partial charge in [-0.1, -0.05) is 110 Å². The van der Waals surface area contributed by atoms with Gasteiger partial charge in [-0.25, -0.2) is 4.79 Å². The second kappa shape index (κ2) is 14.7. The molecule has 0 aromatic heterocycles. The molecule has 0 aliphatic rings. The van der Waals surface area contributed by atoms with Crippen molar-refractivity contribution in [2.45, 2.75) is 45.7 Å². The second-order valence-corrected chi connectivity index (χ2v) is 10.0. The molecular weight excluding hydrogens is 494 g/mol. The Bertz CT molecular complexity index is 1330. The summed E-state index contributed by atoms with van der Waals surface area (Å²) in [5.41, 5.74) is 5.27. The van der Waals surface area contributed by atoms with Gasteiger partial charge in [-0.05, 0) is 54.2 Å². The highest BCUT2D eigenvalue weighted by atomic mass is 16.2. The second-order valence-electron chi connectivity index (χ2n) is 10.0. The van der Waals surface area contributed by atoms with E-state index in [0.29, 0.717) is 19.6 Å². The van der Waals surface area contributed by atoms with Crippen molar-refractivity contribution in [2.75, 3.05) is 18.4 Å². The summed E-state index contributed by atoms with van der Waals surface area (Å²) in [4.78, 5) is 30.9. The number of anilines is 1. The summed E-state index contributed by atoms with van der Waals surface area (Å²) in [5, 5.41) is 3.05. The molecule has 0 saturated heterocycles. The van der Waals surface area contributed by atoms with Crippen molar-refractivity contribution >= 4 is 17.6 Å². The van der Waals surface area contributed by atoms with Crippen molar-refractivity contribution in [2.24, 2.45) is 0 Å². The fourth-order valence-corrected chi connectivity index (χ4v) is 4.78. The first kappa shape index (κ1) is 28.6. The van der Waals surface area contributed by atoms with Gasteiger partial charge in [-0.2, -0.15) is 0 Å². The number of rotatable bonds is 12. The molecule has 5 heteroatoms. The third-order valence-corrected chi connectivity index (χ3v) is 7.27. The minimum absolute atomic E-state index is 0.0325. The molecule has 4 aromatic carbocycles. The molecule has 40 heavy (non-hydrogen) atoms. The molecular formula is C35H39N3O2. The highest BCUT2D eigenvalue weighted by Gasteiger charge is 2.24. The summed E-state index contributed by atoms with van der Waals surface area (Å²) in [6.45, 7) is 5.58. The first-order valence-corrected chi connectivity index (χ1v) is 14.1. The van der Waals surface area contributed by atoms with Crippen molar-refractivity contribution in [3.63, 3.8) is 0 Å². The number of benzene rings is 4. The van der Waals surface area contributed by atoms with E-state index in [1.54, 1.807) is 4.90 Å². The van der Waals surface area contributed by atoms with Gasteiger partial charge in [0, 0.05) is 31.7 Å². The average molecular weight is 534 g/mol. The van der Waals surface area contributed by atoms with Gasteiger partial charge in [0.15, 0.2) is 0 Å². The highest BCUT2D eigenvalue weighted by Crippen LogP contribution is 2.22. The smallest absolute Gasteiger partial charge is 0.322 e. The van der Waals surface area contributed by atoms with E-state index < -0.39 is 0 Å². The van der Waals surface area contributed by atoms with Gasteiger partial charge >= 0.3 is 6.03 Å². The summed E-state index contributed by atoms with van der Waals surface area (Å²) in [7, 11) is 0. The fraction of sp³-hybridized carbons (Fsp3) is 0.257. The van der Waals surface area contributed by atoms with Crippen molar-refractivity contribution in [1.29, 1.82) is 0 Å². The SMILES string of the molecule is CCc1ccc(NC(=O)N(CCC(=O)N(CCc2ccccc2)Cc2ccccc2)C(C)c2ccccc2)cc1. The minimum atomic E-state index is -0.215. The van der Waals surface area contributed by atoms with E-state index in [1.165, 1.54) is 11.1 Å². The molecule has 0 spiro atoms. The van der Waals surface area contributed by atoms with Gasteiger partial charge in [0.1, 0.15) is 0 Å². The molecule has 0 radical (unpaired) electrons. The number of aryl methyl sites for hydroxylation is 1. The Morgan fingerprint density at radius 3 is 1.88 bits per heavy atom. The van der Waals surface area contributed by atoms with Crippen LogP contribution in [0.1, 0.15) is 48.6 Å². The molecule has 5 nitrogen and oxygen atoms in total. The Morgan fingerprint density at radius 2 is 1.27 bits per heavy atom. The molecule has 1 unspecified atom stereocenters. The molecule has 0 fully saturated rings. The average Bonchev–Trinajstić information content (AvgIpc) is 3.01. The number of carbonyl (C=O) groups is 2. The van der Waals surface area contributed by atoms with Crippen LogP contribution in [0.4, 0.5) is 10.5 Å². The summed E-state index contributed by atoms with van der Waals surface area (Å²) in [6.07, 6.45) is 1.95. The topological polar surface area (TPSA) is 52.7 Å². The summed E-state index contributed by atoms with van der Waals surface area (Å²) < 4.78 is 0. The van der Waals surface area contributed by atoms with Crippen molar-refractivity contribution in [1.82, 2.24) is 9.80 Å². The maximum atomic E-state index is 13.7. The quantitative estimate of drug-likeness (QED) is 0.205. The Morgan fingerprint density at radius 1 is 0.700 bits per heavy atom. The number of hydrogen-bond acceptors (Lipinski definition) is 2. The zero-order valence-corrected chi connectivity index (χ0v) is 23.5. The van der Waals surface area contributed by atoms with Gasteiger partial charge < -0.3 is 15.1 Å². The van der Waals surface area contributed by atoms with Crippen LogP contribution in [-0.2, 0) is 24.2 Å². The number of nitrogens with zero attached hydrogens (tertiary/aromatic N) is 2. The van der Waals surface area contributed by atoms with Crippen LogP contribution in [0.2, 0.25) is 0 Å². The van der Waals surface area contributed by atoms with Crippen LogP contribution in [0.25, 0.3) is 0 Å². The van der Waals surface area contributed by atoms with Crippen molar-refractivity contribution in [3.05, 3.63) is 138 Å². The maximum Gasteiger partial charge on any atom is 0.322 e. The van der Waals surface area contributed by atoms with Crippen LogP contribution in [0, 0.1) is 0 Å². The Hall–Kier alpha value is -4.38. The number of carbonyl (C=O) groups excluding carboxylic acids is 2. The summed E-state index contributed by atoms with van der Waals surface area (Å²) in [6, 6.07) is 37.7. The molecule has 0 heterocycles. The Labute approximate surface area is 238 Å². The van der Waals surface area contributed by atoms with Gasteiger partial charge in [0.05, 0.1) is 6.04 Å². The normalized spacial score (nSPS) is 11.4. The van der Waals surface area contributed by atoms with E-state index in [9.17, 15) is 9.59 Å². The first-order valence-electron chi connectivity index (χ1n) is 14.1. The van der Waals surface area contributed by atoms with E-state index in [2.05, 4.69) is 24.4 Å². The monoisotopic (exact) mass is 533 g/mol. The van der Waals surface area contributed by atoms with Crippen LogP contribution in [0.15, 0.2) is 115 Å². The minimum Gasteiger partial charge on any atom is -0.338 e. The predicted molar refractivity (Wildman–Crippen MR) is 163 cm³/mol. The van der Waals surface area contributed by atoms with E-state index >= 15 is 0 Å². The van der Waals surface area contributed by atoms with Crippen LogP contribution < -0.4 is 5.32 Å². The Kier molecular flexibility index (Phi) is 10.5. The van der Waals surface area contributed by atoms with Gasteiger partial charge in [0.2, 0.25) is 5.91 Å². The summed E-state index contributed by atoms with van der Waals surface area (Å²) in [5.74, 6) is 0.0325. The third-order valence-electron chi connectivity index (χ3n) is 7.27. The van der Waals surface area contributed by atoms with Crippen LogP contribution >= 0.6 is 0 Å². The molecule has 4 aromatic rings. The lowest BCUT2D eigenvalue weighted by Gasteiger charge is -2.31. The van der Waals surface area contributed by atoms with E-state index in [1.807, 2.05) is 115 Å². The molecule has 0 aliphatic carbocycles. The third kappa shape index (κ3) is 8.31. The van der Waals surface area contributed by atoms with Crippen molar-refractivity contribution in [3.8, 4) is 0 Å². The van der Waals surface area contributed by atoms with Crippen LogP contribution in [0.5, 0.6) is 0 Å². The lowest BCUT2D eigenvalue weighted by atomic mass is 10.1. The van der Waals surface area contributed by atoms with Crippen LogP contribution in [0.3, 0.4) is 0 Å². The number of nitrogens with one attached hydrogen (secondary N) is 1. The van der Waals surface area contributed by atoms with Gasteiger partial charge in [-0.3, -0.25) is 4.79 Å². The zero-order chi connectivity index (χ0) is 28.2. The molecule has 1 atom stereocenters. The van der Waals surface area contributed by atoms with E-state index in [0.717, 1.165) is 29.7 Å². The zero-order valence-electron chi connectivity index (χ0n) is 23.5. The largest absolute Gasteiger partial charge is 0.338 e. The van der Waals surface area contributed by atoms with E-state index in [4.69, 9.17) is 0 Å². The molecule has 206 valence electrons. The first-order chi connectivity index (χ1) is 19.5. The standard InChI is InChI=1S/C35H39N3O2/c1-3-29-19-21-33(22-20-29)36-35(40)38(28(2)32-17-11-6-12-18-32)26-24-34(39)37(27-31-15-9-5-10-16-31)25-23-30-13-7-4-8-14-30/h4-22,28H,3,23-27H2,1-2H3,(H,36,40). The number of amides is 3. The van der Waals surface area contributed by atoms with Crippen molar-refractivity contribution < 1.29 is 9.59 Å². The Balaban J connectivity index is 1.49. The summed E-state index contributed by atoms with van der Waals surface area (Å²) >= 11 is 0. The molecule has 1 N–H and O–H groups in total. The van der Waals surface area contributed by atoms with E-state index in [-0.39, 0.29) is 24.4 Å². The molecule has 0 saturated carbocycles. The van der Waals surface area contributed by atoms with Gasteiger partial charge in [0.25, 0.3) is 0 Å². The molecule has 4 rings (SSSR count). The maximum absolute atomic E-state index is 13.7. The predicted octanol–water partition coefficient (Wildman–Crippen LogP) is 7.51. The molecule has 0 bridgehead atoms. The molecule has 3 amide bonds. The fourth-order valence-electron chi connectivity index (χ4n) is 4.78. The lowest BCUT2D eigenvalue weighted by Crippen LogP contribution is -2.41.